The predicted octanol–water partition coefficient (Wildman–Crippen LogP) is 5.99. The highest BCUT2D eigenvalue weighted by atomic mass is 16.5. The Morgan fingerprint density at radius 3 is 0.816 bits per heavy atom. The van der Waals surface area contributed by atoms with Gasteiger partial charge in [0, 0.05) is 31.9 Å². The molecule has 1 atom stereocenters. The number of rotatable bonds is 28. The summed E-state index contributed by atoms with van der Waals surface area (Å²) >= 11 is 0. The number of hydrogen-bond donors (Lipinski definition) is 5. The fraction of sp³-hybridized carbons (Fsp3) is 1.00. The van der Waals surface area contributed by atoms with Crippen LogP contribution in [0.5, 0.6) is 0 Å². The summed E-state index contributed by atoms with van der Waals surface area (Å²) < 4.78 is 26.4. The quantitative estimate of drug-likeness (QED) is 0.0625. The first-order valence-electron chi connectivity index (χ1n) is 18.2. The first kappa shape index (κ1) is 48.9. The summed E-state index contributed by atoms with van der Waals surface area (Å²) in [5.41, 5.74) is 2.72. The summed E-state index contributed by atoms with van der Waals surface area (Å²) in [4.78, 5) is 0. The highest BCUT2D eigenvalue weighted by molar-refractivity contribution is 6.31. The Hall–Kier alpha value is -0.100. The fourth-order valence-electron chi connectivity index (χ4n) is 6.77. The molecule has 9 nitrogen and oxygen atoms in total. The zero-order valence-corrected chi connectivity index (χ0v) is 34.3. The van der Waals surface area contributed by atoms with E-state index in [-0.39, 0.29) is 15.9 Å². The van der Waals surface area contributed by atoms with Crippen molar-refractivity contribution in [1.82, 2.24) is 0 Å². The molecule has 0 spiro atoms. The van der Waals surface area contributed by atoms with Gasteiger partial charge >= 0.3 is 7.48 Å². The molecule has 0 aliphatic carbocycles. The molecular weight excluding hydrogens is 618 g/mol. The van der Waals surface area contributed by atoms with Crippen molar-refractivity contribution < 1.29 is 39.0 Å². The molecule has 0 saturated heterocycles. The molecule has 0 fully saturated rings. The monoisotopic (exact) mass is 694 g/mol. The minimum Gasteiger partial charge on any atom is -0.454 e. The SMILES string of the molecule is CC(C)([B]O)CCOC(C)(C)CC(CC(C)(C)OCCC(C)(C)[B]O)(CC(C)(C)OCCC(C)(C)[B]O)CC(C)(C)OCCC(C)(N)[B]O. The Morgan fingerprint density at radius 2 is 0.612 bits per heavy atom. The lowest BCUT2D eigenvalue weighted by atomic mass is 9.62. The first-order chi connectivity index (χ1) is 21.9. The van der Waals surface area contributed by atoms with Gasteiger partial charge in [-0.25, -0.2) is 0 Å². The van der Waals surface area contributed by atoms with Gasteiger partial charge in [-0.2, -0.15) is 0 Å². The van der Waals surface area contributed by atoms with E-state index in [0.29, 0.717) is 77.8 Å². The van der Waals surface area contributed by atoms with Crippen LogP contribution in [0.1, 0.15) is 155 Å². The first-order valence-corrected chi connectivity index (χ1v) is 18.2. The molecule has 0 rings (SSSR count). The minimum absolute atomic E-state index is 0.363. The molecule has 4 radical (unpaired) electrons. The van der Waals surface area contributed by atoms with E-state index in [1.165, 1.54) is 22.4 Å². The van der Waals surface area contributed by atoms with Crippen LogP contribution in [0, 0.1) is 5.41 Å². The number of ether oxygens (including phenoxy) is 4. The predicted molar refractivity (Wildman–Crippen MR) is 206 cm³/mol. The van der Waals surface area contributed by atoms with Crippen molar-refractivity contribution in [2.45, 2.75) is 199 Å². The molecule has 13 heteroatoms. The van der Waals surface area contributed by atoms with Crippen molar-refractivity contribution in [1.29, 1.82) is 0 Å². The van der Waals surface area contributed by atoms with E-state index < -0.39 is 33.3 Å². The molecule has 0 amide bonds. The lowest BCUT2D eigenvalue weighted by Gasteiger charge is -2.50. The maximum atomic E-state index is 9.73. The topological polar surface area (TPSA) is 144 Å². The van der Waals surface area contributed by atoms with E-state index in [9.17, 15) is 20.1 Å². The summed E-state index contributed by atoms with van der Waals surface area (Å²) in [7, 11) is 4.73. The highest BCUT2D eigenvalue weighted by Crippen LogP contribution is 2.51. The Bertz CT molecular complexity index is 792. The van der Waals surface area contributed by atoms with Crippen LogP contribution in [-0.4, -0.2) is 104 Å². The largest absolute Gasteiger partial charge is 0.454 e. The van der Waals surface area contributed by atoms with E-state index in [4.69, 9.17) is 24.7 Å². The number of hydrogen-bond acceptors (Lipinski definition) is 9. The fourth-order valence-corrected chi connectivity index (χ4v) is 6.77. The van der Waals surface area contributed by atoms with Gasteiger partial charge in [-0.3, -0.25) is 0 Å². The molecule has 0 aliphatic heterocycles. The van der Waals surface area contributed by atoms with Gasteiger partial charge < -0.3 is 44.8 Å². The van der Waals surface area contributed by atoms with E-state index in [2.05, 4.69) is 55.4 Å². The lowest BCUT2D eigenvalue weighted by molar-refractivity contribution is -0.146. The van der Waals surface area contributed by atoms with Crippen LogP contribution < -0.4 is 5.73 Å². The second-order valence-electron chi connectivity index (χ2n) is 19.6. The van der Waals surface area contributed by atoms with Crippen LogP contribution in [-0.2, 0) is 18.9 Å². The third kappa shape index (κ3) is 21.9. The van der Waals surface area contributed by atoms with Crippen LogP contribution in [0.2, 0.25) is 15.9 Å². The molecule has 1 unspecified atom stereocenters. The molecule has 6 N–H and O–H groups in total. The normalized spacial score (nSPS) is 15.6. The average Bonchev–Trinajstić information content (AvgIpc) is 2.90. The van der Waals surface area contributed by atoms with E-state index >= 15 is 0 Å². The van der Waals surface area contributed by atoms with Crippen LogP contribution >= 0.6 is 0 Å². The molecule has 0 bridgehead atoms. The van der Waals surface area contributed by atoms with Crippen molar-refractivity contribution in [3.05, 3.63) is 0 Å². The summed E-state index contributed by atoms with van der Waals surface area (Å²) in [5.74, 6) is 0. The maximum Gasteiger partial charge on any atom is 0.308 e. The van der Waals surface area contributed by atoms with Gasteiger partial charge in [0.25, 0.3) is 22.4 Å². The van der Waals surface area contributed by atoms with Crippen molar-refractivity contribution >= 4 is 29.9 Å². The molecule has 0 aromatic heterocycles. The maximum absolute atomic E-state index is 9.73. The Labute approximate surface area is 305 Å². The molecule has 0 saturated carbocycles. The Kier molecular flexibility index (Phi) is 19.3. The molecule has 284 valence electrons. The molecular formula is C36H75B4NO8. The van der Waals surface area contributed by atoms with Gasteiger partial charge in [0.2, 0.25) is 0 Å². The lowest BCUT2D eigenvalue weighted by Crippen LogP contribution is -2.49. The smallest absolute Gasteiger partial charge is 0.308 e. The standard InChI is InChI=1S/C36H75B4NO8/c1-28(2,37-42)16-20-46-31(7,8)24-36(25-32(9,10)47-21-17-29(3,4)38-43,26-33(11,12)48-22-18-30(5,6)39-44)27-34(13,14)49-23-19-35(15,41)40-45/h42-45H,16-27,41H2,1-15H3. The highest BCUT2D eigenvalue weighted by Gasteiger charge is 2.48. The van der Waals surface area contributed by atoms with Crippen LogP contribution in [0.15, 0.2) is 0 Å². The molecule has 0 aromatic carbocycles. The van der Waals surface area contributed by atoms with Crippen LogP contribution in [0.25, 0.3) is 0 Å². The van der Waals surface area contributed by atoms with Gasteiger partial charge in [-0.15, -0.1) is 0 Å². The van der Waals surface area contributed by atoms with Gasteiger partial charge in [0.1, 0.15) is 0 Å². The molecule has 0 aliphatic rings. The van der Waals surface area contributed by atoms with Crippen molar-refractivity contribution in [2.75, 3.05) is 26.4 Å². The van der Waals surface area contributed by atoms with E-state index in [0.717, 1.165) is 7.48 Å². The molecule has 49 heavy (non-hydrogen) atoms. The van der Waals surface area contributed by atoms with Gasteiger partial charge in [-0.1, -0.05) is 48.5 Å². The number of nitrogens with two attached hydrogens (primary N) is 1. The Morgan fingerprint density at radius 1 is 0.388 bits per heavy atom. The van der Waals surface area contributed by atoms with Crippen LogP contribution in [0.4, 0.5) is 0 Å². The summed E-state index contributed by atoms with van der Waals surface area (Å²) in [6.07, 6.45) is 5.19. The minimum atomic E-state index is -0.853. The molecule has 0 aromatic rings. The zero-order chi connectivity index (χ0) is 38.6. The van der Waals surface area contributed by atoms with Crippen molar-refractivity contribution in [3.8, 4) is 0 Å². The Balaban J connectivity index is 6.78. The average molecular weight is 693 g/mol. The van der Waals surface area contributed by atoms with E-state index in [1.54, 1.807) is 6.92 Å². The van der Waals surface area contributed by atoms with Gasteiger partial charge in [-0.05, 0) is 128 Å². The second kappa shape index (κ2) is 19.3. The third-order valence-electron chi connectivity index (χ3n) is 9.40. The van der Waals surface area contributed by atoms with Gasteiger partial charge in [0.15, 0.2) is 0 Å². The summed E-state index contributed by atoms with van der Waals surface area (Å²) in [5, 5.41) is 37.7. The van der Waals surface area contributed by atoms with Gasteiger partial charge in [0.05, 0.1) is 22.4 Å². The van der Waals surface area contributed by atoms with Crippen LogP contribution in [0.3, 0.4) is 0 Å². The van der Waals surface area contributed by atoms with Crippen molar-refractivity contribution in [3.63, 3.8) is 0 Å². The molecule has 0 heterocycles. The second-order valence-corrected chi connectivity index (χ2v) is 19.6. The summed E-state index contributed by atoms with van der Waals surface area (Å²) in [6.45, 7) is 32.5. The van der Waals surface area contributed by atoms with Crippen molar-refractivity contribution in [2.24, 2.45) is 11.1 Å². The van der Waals surface area contributed by atoms with E-state index in [1.807, 2.05) is 41.5 Å². The zero-order valence-electron chi connectivity index (χ0n) is 34.3. The third-order valence-corrected chi connectivity index (χ3v) is 9.40. The summed E-state index contributed by atoms with van der Waals surface area (Å²) in [6, 6.07) is 0.